The quantitative estimate of drug-likeness (QED) is 0.779. The number of nitrogens with one attached hydrogen (secondary N) is 1. The molecule has 3 heterocycles. The maximum absolute atomic E-state index is 4.42. The molecule has 1 aliphatic heterocycles. The lowest BCUT2D eigenvalue weighted by Gasteiger charge is -2.27. The number of hydrogen-bond donors (Lipinski definition) is 1. The topological polar surface area (TPSA) is 58.9 Å². The maximum Gasteiger partial charge on any atom is 0.148 e. The Hall–Kier alpha value is -1.95. The lowest BCUT2D eigenvalue weighted by molar-refractivity contribution is 0.218. The molecule has 0 radical (unpaired) electrons. The number of rotatable bonds is 6. The lowest BCUT2D eigenvalue weighted by Crippen LogP contribution is -2.30. The van der Waals surface area contributed by atoms with Gasteiger partial charge in [-0.25, -0.2) is 0 Å². The maximum atomic E-state index is 4.42. The zero-order chi connectivity index (χ0) is 20.5. The van der Waals surface area contributed by atoms with Crippen molar-refractivity contribution in [3.05, 3.63) is 24.0 Å². The number of nitrogens with zero attached hydrogens (tertiary/aromatic N) is 5. The van der Waals surface area contributed by atoms with E-state index in [-0.39, 0.29) is 0 Å². The summed E-state index contributed by atoms with van der Waals surface area (Å²) in [5.41, 5.74) is 2.93. The Morgan fingerprint density at radius 3 is 2.40 bits per heavy atom. The summed E-state index contributed by atoms with van der Waals surface area (Å²) >= 11 is 0. The van der Waals surface area contributed by atoms with Crippen molar-refractivity contribution in [2.75, 3.05) is 31.5 Å². The number of aryl methyl sites for hydroxylation is 2. The van der Waals surface area contributed by atoms with Crippen LogP contribution in [-0.4, -0.2) is 51.1 Å². The minimum atomic E-state index is 0.777. The Kier molecular flexibility index (Phi) is 5.77. The molecule has 0 unspecified atom stereocenters. The van der Waals surface area contributed by atoms with Crippen LogP contribution in [0, 0.1) is 30.6 Å². The molecule has 6 nitrogen and oxygen atoms in total. The van der Waals surface area contributed by atoms with Crippen molar-refractivity contribution >= 4 is 5.82 Å². The largest absolute Gasteiger partial charge is 0.368 e. The molecule has 0 aromatic carbocycles. The average molecular weight is 409 g/mol. The van der Waals surface area contributed by atoms with Crippen molar-refractivity contribution in [2.24, 2.45) is 30.7 Å². The van der Waals surface area contributed by atoms with E-state index in [4.69, 9.17) is 0 Å². The highest BCUT2D eigenvalue weighted by molar-refractivity contribution is 5.61. The lowest BCUT2D eigenvalue weighted by atomic mass is 9.89. The molecule has 0 amide bonds. The third kappa shape index (κ3) is 4.39. The first-order chi connectivity index (χ1) is 14.6. The van der Waals surface area contributed by atoms with Crippen molar-refractivity contribution in [1.82, 2.24) is 24.9 Å². The molecule has 0 spiro atoms. The van der Waals surface area contributed by atoms with Gasteiger partial charge in [-0.2, -0.15) is 5.10 Å². The van der Waals surface area contributed by atoms with E-state index in [1.807, 2.05) is 30.9 Å². The first kappa shape index (κ1) is 20.0. The summed E-state index contributed by atoms with van der Waals surface area (Å²) in [6.45, 7) is 7.09. The van der Waals surface area contributed by atoms with Crippen LogP contribution in [0.4, 0.5) is 5.82 Å². The number of hydrogen-bond acceptors (Lipinski definition) is 5. The molecule has 1 N–H and O–H groups in total. The molecule has 3 fully saturated rings. The van der Waals surface area contributed by atoms with Gasteiger partial charge in [0.25, 0.3) is 0 Å². The second kappa shape index (κ2) is 8.66. The molecule has 2 saturated carbocycles. The summed E-state index contributed by atoms with van der Waals surface area (Å²) in [4.78, 5) is 2.79. The standard InChI is InChI=1S/C24H36N6/c1-17-22(16-29(2)28-17)23-8-9-24(27-26-23)25-12-19-10-20-14-30(15-21(20)11-19)13-18-6-4-3-5-7-18/h8-9,16,18-21H,3-7,10-15H2,1-2H3,(H,25,27)/t19-,20+,21-. The average Bonchev–Trinajstić information content (AvgIpc) is 3.40. The molecule has 5 rings (SSSR count). The summed E-state index contributed by atoms with van der Waals surface area (Å²) in [7, 11) is 1.94. The van der Waals surface area contributed by atoms with E-state index >= 15 is 0 Å². The summed E-state index contributed by atoms with van der Waals surface area (Å²) in [5, 5.41) is 16.8. The van der Waals surface area contributed by atoms with E-state index in [1.54, 1.807) is 0 Å². The Labute approximate surface area is 180 Å². The summed E-state index contributed by atoms with van der Waals surface area (Å²) < 4.78 is 1.83. The minimum absolute atomic E-state index is 0.777. The first-order valence-electron chi connectivity index (χ1n) is 11.9. The van der Waals surface area contributed by atoms with E-state index in [2.05, 4.69) is 31.6 Å². The fourth-order valence-electron chi connectivity index (χ4n) is 6.24. The van der Waals surface area contributed by atoms with Gasteiger partial charge in [-0.05, 0) is 68.4 Å². The fraction of sp³-hybridized carbons (Fsp3) is 0.708. The van der Waals surface area contributed by atoms with Gasteiger partial charge in [0.15, 0.2) is 0 Å². The minimum Gasteiger partial charge on any atom is -0.368 e. The van der Waals surface area contributed by atoms with E-state index in [9.17, 15) is 0 Å². The van der Waals surface area contributed by atoms with Crippen molar-refractivity contribution < 1.29 is 0 Å². The molecule has 0 bridgehead atoms. The third-order valence-electron chi connectivity index (χ3n) is 7.69. The van der Waals surface area contributed by atoms with Gasteiger partial charge in [0.2, 0.25) is 0 Å². The molecule has 3 atom stereocenters. The van der Waals surface area contributed by atoms with Crippen LogP contribution in [-0.2, 0) is 7.05 Å². The molecule has 3 aliphatic rings. The van der Waals surface area contributed by atoms with Crippen molar-refractivity contribution in [1.29, 1.82) is 0 Å². The van der Waals surface area contributed by atoms with Crippen LogP contribution in [0.15, 0.2) is 18.3 Å². The smallest absolute Gasteiger partial charge is 0.148 e. The highest BCUT2D eigenvalue weighted by Crippen LogP contribution is 2.42. The van der Waals surface area contributed by atoms with Crippen LogP contribution >= 0.6 is 0 Å². The van der Waals surface area contributed by atoms with Crippen LogP contribution < -0.4 is 5.32 Å². The molecular weight excluding hydrogens is 372 g/mol. The molecule has 2 aromatic rings. The van der Waals surface area contributed by atoms with Gasteiger partial charge < -0.3 is 10.2 Å². The fourth-order valence-corrected chi connectivity index (χ4v) is 6.24. The van der Waals surface area contributed by atoms with Gasteiger partial charge in [-0.1, -0.05) is 19.3 Å². The summed E-state index contributed by atoms with van der Waals surface area (Å²) in [6, 6.07) is 4.10. The van der Waals surface area contributed by atoms with Gasteiger partial charge in [0.1, 0.15) is 5.82 Å². The predicted molar refractivity (Wildman–Crippen MR) is 120 cm³/mol. The molecule has 6 heteroatoms. The zero-order valence-electron chi connectivity index (χ0n) is 18.6. The van der Waals surface area contributed by atoms with Crippen LogP contribution in [0.3, 0.4) is 0 Å². The second-order valence-electron chi connectivity index (χ2n) is 10.1. The second-order valence-corrected chi connectivity index (χ2v) is 10.1. The van der Waals surface area contributed by atoms with Gasteiger partial charge in [0, 0.05) is 45.0 Å². The normalized spacial score (nSPS) is 27.5. The Balaban J connectivity index is 1.08. The first-order valence-corrected chi connectivity index (χ1v) is 11.9. The van der Waals surface area contributed by atoms with Gasteiger partial charge in [0.05, 0.1) is 11.4 Å². The summed E-state index contributed by atoms with van der Waals surface area (Å²) in [6.07, 6.45) is 12.1. The number of likely N-dealkylation sites (tertiary alicyclic amines) is 1. The molecule has 2 aromatic heterocycles. The van der Waals surface area contributed by atoms with E-state index < -0.39 is 0 Å². The molecule has 1 saturated heterocycles. The van der Waals surface area contributed by atoms with Crippen LogP contribution in [0.5, 0.6) is 0 Å². The van der Waals surface area contributed by atoms with Crippen molar-refractivity contribution in [3.63, 3.8) is 0 Å². The van der Waals surface area contributed by atoms with Crippen LogP contribution in [0.25, 0.3) is 11.3 Å². The van der Waals surface area contributed by atoms with Crippen LogP contribution in [0.1, 0.15) is 50.6 Å². The van der Waals surface area contributed by atoms with Crippen molar-refractivity contribution in [2.45, 2.75) is 51.9 Å². The van der Waals surface area contributed by atoms with Gasteiger partial charge >= 0.3 is 0 Å². The molecule has 2 aliphatic carbocycles. The highest BCUT2D eigenvalue weighted by atomic mass is 15.3. The highest BCUT2D eigenvalue weighted by Gasteiger charge is 2.40. The Morgan fingerprint density at radius 2 is 1.77 bits per heavy atom. The number of fused-ring (bicyclic) bond motifs is 1. The Bertz CT molecular complexity index is 824. The van der Waals surface area contributed by atoms with E-state index in [0.717, 1.165) is 53.0 Å². The molecular formula is C24H36N6. The summed E-state index contributed by atoms with van der Waals surface area (Å²) in [5.74, 6) is 4.48. The molecule has 162 valence electrons. The van der Waals surface area contributed by atoms with Crippen molar-refractivity contribution in [3.8, 4) is 11.3 Å². The number of aromatic nitrogens is 4. The third-order valence-corrected chi connectivity index (χ3v) is 7.69. The molecule has 30 heavy (non-hydrogen) atoms. The monoisotopic (exact) mass is 408 g/mol. The SMILES string of the molecule is Cc1nn(C)cc1-c1ccc(NC[C@H]2C[C@@H]3CN(CC4CCCCC4)C[C@@H]3C2)nn1. The van der Waals surface area contributed by atoms with Crippen LogP contribution in [0.2, 0.25) is 0 Å². The van der Waals surface area contributed by atoms with E-state index in [1.165, 1.54) is 64.6 Å². The predicted octanol–water partition coefficient (Wildman–Crippen LogP) is 4.14. The zero-order valence-corrected chi connectivity index (χ0v) is 18.6. The Morgan fingerprint density at radius 1 is 1.00 bits per heavy atom. The number of anilines is 1. The van der Waals surface area contributed by atoms with Gasteiger partial charge in [-0.3, -0.25) is 4.68 Å². The van der Waals surface area contributed by atoms with Gasteiger partial charge in [-0.15, -0.1) is 10.2 Å². The van der Waals surface area contributed by atoms with E-state index in [0.29, 0.717) is 0 Å².